The number of pyridine rings is 2. The second-order valence-corrected chi connectivity index (χ2v) is 6.64. The molecule has 0 aromatic carbocycles. The number of nitriles is 1. The lowest BCUT2D eigenvalue weighted by atomic mass is 9.86. The second kappa shape index (κ2) is 6.95. The highest BCUT2D eigenvalue weighted by Gasteiger charge is 2.14. The summed E-state index contributed by atoms with van der Waals surface area (Å²) >= 11 is 0. The molecule has 1 fully saturated rings. The molecule has 1 saturated carbocycles. The van der Waals surface area contributed by atoms with Crippen molar-refractivity contribution in [2.24, 2.45) is 5.92 Å². The topological polar surface area (TPSA) is 58.7 Å². The van der Waals surface area contributed by atoms with Crippen molar-refractivity contribution in [3.05, 3.63) is 39.8 Å². The fourth-order valence-electron chi connectivity index (χ4n) is 3.65. The van der Waals surface area contributed by atoms with Crippen LogP contribution in [-0.4, -0.2) is 9.55 Å². The van der Waals surface area contributed by atoms with Crippen molar-refractivity contribution >= 4 is 11.0 Å². The van der Waals surface area contributed by atoms with Crippen molar-refractivity contribution in [3.8, 4) is 6.07 Å². The van der Waals surface area contributed by atoms with Crippen molar-refractivity contribution in [3.63, 3.8) is 0 Å². The maximum Gasteiger partial charge on any atom is 0.225 e. The van der Waals surface area contributed by atoms with Crippen LogP contribution >= 0.6 is 0 Å². The molecule has 0 amide bonds. The van der Waals surface area contributed by atoms with E-state index in [1.807, 2.05) is 29.7 Å². The van der Waals surface area contributed by atoms with E-state index in [4.69, 9.17) is 0 Å². The molecule has 0 spiro atoms. The third-order valence-corrected chi connectivity index (χ3v) is 4.92. The van der Waals surface area contributed by atoms with Gasteiger partial charge in [-0.2, -0.15) is 5.26 Å². The molecule has 0 radical (unpaired) electrons. The van der Waals surface area contributed by atoms with Crippen LogP contribution < -0.4 is 5.43 Å². The van der Waals surface area contributed by atoms with Gasteiger partial charge in [-0.3, -0.25) is 4.79 Å². The molecule has 0 aliphatic heterocycles. The predicted molar refractivity (Wildman–Crippen MR) is 91.3 cm³/mol. The Morgan fingerprint density at radius 1 is 1.30 bits per heavy atom. The summed E-state index contributed by atoms with van der Waals surface area (Å²) in [6.45, 7) is 2.71. The van der Waals surface area contributed by atoms with Crippen molar-refractivity contribution < 1.29 is 0 Å². The van der Waals surface area contributed by atoms with E-state index in [1.165, 1.54) is 38.5 Å². The molecule has 4 heteroatoms. The van der Waals surface area contributed by atoms with Gasteiger partial charge in [0.1, 0.15) is 17.1 Å². The van der Waals surface area contributed by atoms with E-state index in [0.717, 1.165) is 30.1 Å². The zero-order valence-electron chi connectivity index (χ0n) is 13.7. The van der Waals surface area contributed by atoms with Gasteiger partial charge in [0.05, 0.1) is 5.52 Å². The van der Waals surface area contributed by atoms with E-state index in [9.17, 15) is 10.1 Å². The summed E-state index contributed by atoms with van der Waals surface area (Å²) in [4.78, 5) is 16.6. The van der Waals surface area contributed by atoms with Gasteiger partial charge < -0.3 is 4.57 Å². The highest BCUT2D eigenvalue weighted by atomic mass is 16.1. The third-order valence-electron chi connectivity index (χ3n) is 4.92. The Morgan fingerprint density at radius 3 is 2.83 bits per heavy atom. The minimum absolute atomic E-state index is 0.188. The third kappa shape index (κ3) is 3.44. The lowest BCUT2D eigenvalue weighted by Crippen LogP contribution is -2.15. The predicted octanol–water partition coefficient (Wildman–Crippen LogP) is 3.94. The number of hydrogen-bond donors (Lipinski definition) is 0. The normalized spacial score (nSPS) is 15.7. The first-order valence-electron chi connectivity index (χ1n) is 8.60. The van der Waals surface area contributed by atoms with Crippen LogP contribution in [0.2, 0.25) is 0 Å². The first-order chi connectivity index (χ1) is 11.2. The summed E-state index contributed by atoms with van der Waals surface area (Å²) in [6.07, 6.45) is 10.8. The van der Waals surface area contributed by atoms with Crippen molar-refractivity contribution in [1.82, 2.24) is 9.55 Å². The lowest BCUT2D eigenvalue weighted by molar-refractivity contribution is 0.326. The monoisotopic (exact) mass is 309 g/mol. The fraction of sp³-hybridized carbons (Fsp3) is 0.526. The average Bonchev–Trinajstić information content (AvgIpc) is 2.58. The summed E-state index contributed by atoms with van der Waals surface area (Å²) in [5.74, 6) is 0.852. The Balaban J connectivity index is 1.83. The van der Waals surface area contributed by atoms with Crippen LogP contribution in [0, 0.1) is 24.2 Å². The highest BCUT2D eigenvalue weighted by molar-refractivity contribution is 5.76. The second-order valence-electron chi connectivity index (χ2n) is 6.64. The average molecular weight is 309 g/mol. The van der Waals surface area contributed by atoms with Crippen LogP contribution in [0.3, 0.4) is 0 Å². The Kier molecular flexibility index (Phi) is 4.76. The van der Waals surface area contributed by atoms with E-state index in [2.05, 4.69) is 4.98 Å². The van der Waals surface area contributed by atoms with Gasteiger partial charge in [-0.05, 0) is 37.8 Å². The Morgan fingerprint density at radius 2 is 2.09 bits per heavy atom. The van der Waals surface area contributed by atoms with E-state index in [-0.39, 0.29) is 11.0 Å². The van der Waals surface area contributed by atoms with Gasteiger partial charge in [-0.25, -0.2) is 4.98 Å². The fourth-order valence-corrected chi connectivity index (χ4v) is 3.65. The van der Waals surface area contributed by atoms with Crippen molar-refractivity contribution in [2.45, 2.75) is 58.4 Å². The van der Waals surface area contributed by atoms with Crippen LogP contribution in [-0.2, 0) is 6.54 Å². The lowest BCUT2D eigenvalue weighted by Gasteiger charge is -2.21. The zero-order chi connectivity index (χ0) is 16.2. The molecule has 0 atom stereocenters. The molecule has 2 aromatic heterocycles. The van der Waals surface area contributed by atoms with Crippen LogP contribution in [0.25, 0.3) is 11.0 Å². The number of aromatic nitrogens is 2. The van der Waals surface area contributed by atoms with Crippen molar-refractivity contribution in [1.29, 1.82) is 5.26 Å². The smallest absolute Gasteiger partial charge is 0.225 e. The van der Waals surface area contributed by atoms with Crippen LogP contribution in [0.15, 0.2) is 23.1 Å². The van der Waals surface area contributed by atoms with Gasteiger partial charge in [0.15, 0.2) is 0 Å². The zero-order valence-corrected chi connectivity index (χ0v) is 13.7. The van der Waals surface area contributed by atoms with Gasteiger partial charge >= 0.3 is 0 Å². The van der Waals surface area contributed by atoms with Gasteiger partial charge in [0.25, 0.3) is 0 Å². The maximum atomic E-state index is 12.3. The molecule has 1 aliphatic rings. The molecule has 2 heterocycles. The first-order valence-corrected chi connectivity index (χ1v) is 8.60. The van der Waals surface area contributed by atoms with Gasteiger partial charge in [0.2, 0.25) is 5.43 Å². The molecular weight excluding hydrogens is 286 g/mol. The quantitative estimate of drug-likeness (QED) is 0.859. The number of hydrogen-bond acceptors (Lipinski definition) is 3. The maximum absolute atomic E-state index is 12.3. The molecule has 4 nitrogen and oxygen atoms in total. The van der Waals surface area contributed by atoms with Gasteiger partial charge in [0, 0.05) is 18.4 Å². The van der Waals surface area contributed by atoms with Crippen LogP contribution in [0.5, 0.6) is 0 Å². The molecular formula is C19H23N3O. The Hall–Kier alpha value is -2.15. The van der Waals surface area contributed by atoms with E-state index < -0.39 is 0 Å². The number of fused-ring (bicyclic) bond motifs is 1. The SMILES string of the molecule is Cc1ccc2c(n1)c(=O)c(C#N)cn2CCCC1CCCCC1. The molecule has 1 aliphatic carbocycles. The molecule has 0 N–H and O–H groups in total. The Labute approximate surface area is 136 Å². The summed E-state index contributed by atoms with van der Waals surface area (Å²) < 4.78 is 2.03. The molecule has 23 heavy (non-hydrogen) atoms. The molecule has 3 rings (SSSR count). The number of rotatable bonds is 4. The summed E-state index contributed by atoms with van der Waals surface area (Å²) in [5, 5.41) is 9.21. The van der Waals surface area contributed by atoms with Crippen LogP contribution in [0.1, 0.15) is 56.2 Å². The molecule has 0 bridgehead atoms. The van der Waals surface area contributed by atoms with Gasteiger partial charge in [-0.1, -0.05) is 32.1 Å². The minimum Gasteiger partial charge on any atom is -0.345 e. The van der Waals surface area contributed by atoms with Crippen molar-refractivity contribution in [2.75, 3.05) is 0 Å². The molecule has 0 unspecified atom stereocenters. The summed E-state index contributed by atoms with van der Waals surface area (Å²) in [7, 11) is 0. The largest absolute Gasteiger partial charge is 0.345 e. The Bertz CT molecular complexity index is 795. The van der Waals surface area contributed by atoms with Crippen LogP contribution in [0.4, 0.5) is 0 Å². The van der Waals surface area contributed by atoms with E-state index in [1.54, 1.807) is 6.20 Å². The summed E-state index contributed by atoms with van der Waals surface area (Å²) in [5.41, 5.74) is 1.99. The van der Waals surface area contributed by atoms with Gasteiger partial charge in [-0.15, -0.1) is 0 Å². The molecule has 120 valence electrons. The number of nitrogens with zero attached hydrogens (tertiary/aromatic N) is 3. The number of aryl methyl sites for hydroxylation is 2. The standard InChI is InChI=1S/C19H23N3O/c1-14-9-10-17-18(21-14)19(23)16(12-20)13-22(17)11-5-8-15-6-3-2-4-7-15/h9-10,13,15H,2-8,11H2,1H3. The molecule has 0 saturated heterocycles. The van der Waals surface area contributed by atoms with E-state index in [0.29, 0.717) is 5.52 Å². The first kappa shape index (κ1) is 15.7. The highest BCUT2D eigenvalue weighted by Crippen LogP contribution is 2.27. The molecule has 2 aromatic rings. The minimum atomic E-state index is -0.255. The summed E-state index contributed by atoms with van der Waals surface area (Å²) in [6, 6.07) is 5.88. The van der Waals surface area contributed by atoms with E-state index >= 15 is 0 Å².